The van der Waals surface area contributed by atoms with Crippen LogP contribution in [0.2, 0.25) is 0 Å². The third-order valence-electron chi connectivity index (χ3n) is 6.17. The molecule has 2 atom stereocenters. The maximum absolute atomic E-state index is 12.8. The Hall–Kier alpha value is -3.23. The van der Waals surface area contributed by atoms with Gasteiger partial charge in [0, 0.05) is 31.7 Å². The summed E-state index contributed by atoms with van der Waals surface area (Å²) in [6.45, 7) is 7.90. The first kappa shape index (κ1) is 22.9. The lowest BCUT2D eigenvalue weighted by molar-refractivity contribution is -0.127. The smallest absolute Gasteiger partial charge is 0.241 e. The first-order valence-electron chi connectivity index (χ1n) is 11.3. The molecular formula is C25H31N5O3. The Morgan fingerprint density at radius 2 is 1.76 bits per heavy atom. The van der Waals surface area contributed by atoms with Gasteiger partial charge in [0.1, 0.15) is 5.75 Å². The number of hydrogen-bond acceptors (Lipinski definition) is 7. The highest BCUT2D eigenvalue weighted by molar-refractivity contribution is 5.81. The number of nitrogens with one attached hydrogen (secondary N) is 1. The molecule has 0 saturated carbocycles. The molecule has 1 saturated heterocycles. The Labute approximate surface area is 194 Å². The van der Waals surface area contributed by atoms with E-state index < -0.39 is 0 Å². The van der Waals surface area contributed by atoms with Crippen LogP contribution in [0.25, 0.3) is 11.4 Å². The van der Waals surface area contributed by atoms with E-state index in [1.807, 2.05) is 68.4 Å². The van der Waals surface area contributed by atoms with Gasteiger partial charge in [-0.2, -0.15) is 4.98 Å². The second-order valence-electron chi connectivity index (χ2n) is 8.37. The summed E-state index contributed by atoms with van der Waals surface area (Å²) in [4.78, 5) is 21.8. The number of aromatic nitrogens is 2. The van der Waals surface area contributed by atoms with E-state index in [2.05, 4.69) is 25.3 Å². The van der Waals surface area contributed by atoms with Crippen LogP contribution in [0.4, 0.5) is 0 Å². The van der Waals surface area contributed by atoms with Crippen molar-refractivity contribution in [1.82, 2.24) is 25.3 Å². The van der Waals surface area contributed by atoms with Gasteiger partial charge in [0.25, 0.3) is 0 Å². The second-order valence-corrected chi connectivity index (χ2v) is 8.37. The van der Waals surface area contributed by atoms with E-state index in [9.17, 15) is 4.79 Å². The van der Waals surface area contributed by atoms with E-state index in [1.54, 1.807) is 7.11 Å². The van der Waals surface area contributed by atoms with Gasteiger partial charge < -0.3 is 14.6 Å². The third kappa shape index (κ3) is 5.77. The van der Waals surface area contributed by atoms with Crippen LogP contribution in [-0.4, -0.2) is 65.2 Å². The second kappa shape index (κ2) is 10.6. The van der Waals surface area contributed by atoms with Crippen molar-refractivity contribution in [3.05, 3.63) is 66.1 Å². The number of carbonyl (C=O) groups is 1. The number of amides is 1. The number of nitrogens with zero attached hydrogens (tertiary/aromatic N) is 4. The topological polar surface area (TPSA) is 83.7 Å². The molecule has 1 aliphatic rings. The minimum absolute atomic E-state index is 0.0140. The summed E-state index contributed by atoms with van der Waals surface area (Å²) >= 11 is 0. The monoisotopic (exact) mass is 449 g/mol. The average molecular weight is 450 g/mol. The SMILES string of the molecule is COc1ccc(-c2noc(CN3CCN(C(C)C(=O)NC(C)c4ccccc4)CC3)n2)cc1. The van der Waals surface area contributed by atoms with Gasteiger partial charge in [-0.15, -0.1) is 0 Å². The summed E-state index contributed by atoms with van der Waals surface area (Å²) in [7, 11) is 1.64. The van der Waals surface area contributed by atoms with Gasteiger partial charge in [-0.3, -0.25) is 14.6 Å². The molecule has 2 unspecified atom stereocenters. The number of carbonyl (C=O) groups excluding carboxylic acids is 1. The standard InChI is InChI=1S/C25H31N5O3/c1-18(20-7-5-4-6-8-20)26-25(31)19(2)30-15-13-29(14-16-30)17-23-27-24(28-33-23)21-9-11-22(32-3)12-10-21/h4-12,18-19H,13-17H2,1-3H3,(H,26,31). The first-order chi connectivity index (χ1) is 16.0. The van der Waals surface area contributed by atoms with E-state index in [1.165, 1.54) is 0 Å². The van der Waals surface area contributed by atoms with Crippen LogP contribution < -0.4 is 10.1 Å². The summed E-state index contributed by atoms with van der Waals surface area (Å²) in [6, 6.07) is 17.4. The Bertz CT molecular complexity index is 1030. The lowest BCUT2D eigenvalue weighted by Crippen LogP contribution is -2.53. The van der Waals surface area contributed by atoms with Crippen molar-refractivity contribution < 1.29 is 14.1 Å². The molecule has 0 aliphatic carbocycles. The van der Waals surface area contributed by atoms with E-state index >= 15 is 0 Å². The van der Waals surface area contributed by atoms with Gasteiger partial charge in [-0.25, -0.2) is 0 Å². The molecule has 1 aliphatic heterocycles. The zero-order chi connectivity index (χ0) is 23.2. The number of methoxy groups -OCH3 is 1. The zero-order valence-electron chi connectivity index (χ0n) is 19.4. The molecule has 1 amide bonds. The number of benzene rings is 2. The fourth-order valence-corrected chi connectivity index (χ4v) is 4.00. The van der Waals surface area contributed by atoms with Crippen LogP contribution in [-0.2, 0) is 11.3 Å². The van der Waals surface area contributed by atoms with Crippen LogP contribution >= 0.6 is 0 Å². The minimum Gasteiger partial charge on any atom is -0.497 e. The molecule has 8 nitrogen and oxygen atoms in total. The number of hydrogen-bond donors (Lipinski definition) is 1. The molecule has 33 heavy (non-hydrogen) atoms. The quantitative estimate of drug-likeness (QED) is 0.566. The van der Waals surface area contributed by atoms with Crippen LogP contribution in [0.5, 0.6) is 5.75 Å². The molecular weight excluding hydrogens is 418 g/mol. The van der Waals surface area contributed by atoms with Crippen LogP contribution in [0, 0.1) is 0 Å². The van der Waals surface area contributed by atoms with Crippen molar-refractivity contribution in [3.8, 4) is 17.1 Å². The lowest BCUT2D eigenvalue weighted by atomic mass is 10.1. The van der Waals surface area contributed by atoms with E-state index in [-0.39, 0.29) is 18.0 Å². The fraction of sp³-hybridized carbons (Fsp3) is 0.400. The highest BCUT2D eigenvalue weighted by atomic mass is 16.5. The minimum atomic E-state index is -0.177. The molecule has 0 spiro atoms. The van der Waals surface area contributed by atoms with Gasteiger partial charge in [-0.05, 0) is 43.7 Å². The molecule has 8 heteroatoms. The van der Waals surface area contributed by atoms with Gasteiger partial charge >= 0.3 is 0 Å². The zero-order valence-corrected chi connectivity index (χ0v) is 19.4. The molecule has 0 radical (unpaired) electrons. The van der Waals surface area contributed by atoms with E-state index in [0.29, 0.717) is 18.3 Å². The van der Waals surface area contributed by atoms with Gasteiger partial charge in [-0.1, -0.05) is 35.5 Å². The molecule has 174 valence electrons. The highest BCUT2D eigenvalue weighted by Crippen LogP contribution is 2.20. The highest BCUT2D eigenvalue weighted by Gasteiger charge is 2.27. The Kier molecular flexibility index (Phi) is 7.36. The molecule has 1 aromatic heterocycles. The molecule has 1 fully saturated rings. The van der Waals surface area contributed by atoms with Gasteiger partial charge in [0.15, 0.2) is 0 Å². The summed E-state index contributed by atoms with van der Waals surface area (Å²) in [5, 5.41) is 7.24. The Balaban J connectivity index is 1.25. The van der Waals surface area contributed by atoms with Crippen molar-refractivity contribution in [2.24, 2.45) is 0 Å². The van der Waals surface area contributed by atoms with Gasteiger partial charge in [0.2, 0.25) is 17.6 Å². The molecule has 1 N–H and O–H groups in total. The van der Waals surface area contributed by atoms with E-state index in [0.717, 1.165) is 43.1 Å². The van der Waals surface area contributed by atoms with Crippen LogP contribution in [0.15, 0.2) is 59.1 Å². The molecule has 2 heterocycles. The predicted octanol–water partition coefficient (Wildman–Crippen LogP) is 3.13. The molecule has 3 aromatic rings. The van der Waals surface area contributed by atoms with E-state index in [4.69, 9.17) is 9.26 Å². The van der Waals surface area contributed by atoms with Crippen molar-refractivity contribution in [1.29, 1.82) is 0 Å². The number of rotatable bonds is 8. The van der Waals surface area contributed by atoms with Crippen LogP contribution in [0.1, 0.15) is 31.3 Å². The van der Waals surface area contributed by atoms with Crippen LogP contribution in [0.3, 0.4) is 0 Å². The maximum Gasteiger partial charge on any atom is 0.241 e. The van der Waals surface area contributed by atoms with Gasteiger partial charge in [0.05, 0.1) is 25.7 Å². The third-order valence-corrected chi connectivity index (χ3v) is 6.17. The molecule has 0 bridgehead atoms. The summed E-state index contributed by atoms with van der Waals surface area (Å²) in [6.07, 6.45) is 0. The Morgan fingerprint density at radius 1 is 1.06 bits per heavy atom. The largest absolute Gasteiger partial charge is 0.497 e. The number of piperazine rings is 1. The predicted molar refractivity (Wildman–Crippen MR) is 126 cm³/mol. The normalized spacial score (nSPS) is 16.8. The van der Waals surface area contributed by atoms with Crippen molar-refractivity contribution >= 4 is 5.91 Å². The first-order valence-corrected chi connectivity index (χ1v) is 11.3. The van der Waals surface area contributed by atoms with Crippen molar-refractivity contribution in [2.75, 3.05) is 33.3 Å². The average Bonchev–Trinajstić information content (AvgIpc) is 3.33. The molecule has 4 rings (SSSR count). The summed E-state index contributed by atoms with van der Waals surface area (Å²) < 4.78 is 10.7. The molecule has 2 aromatic carbocycles. The fourth-order valence-electron chi connectivity index (χ4n) is 4.00. The Morgan fingerprint density at radius 3 is 2.42 bits per heavy atom. The lowest BCUT2D eigenvalue weighted by Gasteiger charge is -2.37. The van der Waals surface area contributed by atoms with Crippen molar-refractivity contribution in [3.63, 3.8) is 0 Å². The summed E-state index contributed by atoms with van der Waals surface area (Å²) in [5.74, 6) is 2.01. The van der Waals surface area contributed by atoms with Crippen molar-refractivity contribution in [2.45, 2.75) is 32.5 Å². The maximum atomic E-state index is 12.8. The summed E-state index contributed by atoms with van der Waals surface area (Å²) in [5.41, 5.74) is 2.00. The number of ether oxygens (including phenoxy) is 1.